The van der Waals surface area contributed by atoms with Gasteiger partial charge in [0, 0.05) is 0 Å². The summed E-state index contributed by atoms with van der Waals surface area (Å²) in [6.07, 6.45) is 2.08. The summed E-state index contributed by atoms with van der Waals surface area (Å²) in [6.45, 7) is 13.1. The molecular weight excluding hydrogens is 120 g/mol. The van der Waals surface area contributed by atoms with Gasteiger partial charge in [0.1, 0.15) is 0 Å². The van der Waals surface area contributed by atoms with Crippen LogP contribution in [0.25, 0.3) is 0 Å². The zero-order valence-corrected chi connectivity index (χ0v) is 7.52. The largest absolute Gasteiger partial charge is 0.103 e. The van der Waals surface area contributed by atoms with E-state index in [2.05, 4.69) is 40.3 Å². The number of hydrogen-bond donors (Lipinski definition) is 0. The van der Waals surface area contributed by atoms with Crippen molar-refractivity contribution in [2.75, 3.05) is 0 Å². The maximum Gasteiger partial charge on any atom is -0.0228 e. The highest BCUT2D eigenvalue weighted by Gasteiger charge is 2.55. The van der Waals surface area contributed by atoms with E-state index in [1.54, 1.807) is 0 Å². The Kier molecular flexibility index (Phi) is 1.66. The van der Waals surface area contributed by atoms with Crippen molar-refractivity contribution in [1.29, 1.82) is 0 Å². The zero-order chi connectivity index (χ0) is 7.94. The smallest absolute Gasteiger partial charge is 0.0228 e. The van der Waals surface area contributed by atoms with Crippen LogP contribution in [0.2, 0.25) is 0 Å². The molecule has 1 rings (SSSR count). The first-order valence-electron chi connectivity index (χ1n) is 4.14. The van der Waals surface area contributed by atoms with Gasteiger partial charge in [0.05, 0.1) is 0 Å². The van der Waals surface area contributed by atoms with Crippen LogP contribution >= 0.6 is 0 Å². The van der Waals surface area contributed by atoms with Gasteiger partial charge in [0.15, 0.2) is 0 Å². The third-order valence-corrected chi connectivity index (χ3v) is 3.40. The average molecular weight is 138 g/mol. The first-order valence-corrected chi connectivity index (χ1v) is 4.14. The van der Waals surface area contributed by atoms with Crippen molar-refractivity contribution in [2.24, 2.45) is 23.2 Å². The molecule has 0 saturated heterocycles. The number of hydrogen-bond acceptors (Lipinski definition) is 0. The maximum absolute atomic E-state index is 3.82. The number of allylic oxidation sites excluding steroid dienone is 1. The van der Waals surface area contributed by atoms with Gasteiger partial charge in [-0.3, -0.25) is 0 Å². The van der Waals surface area contributed by atoms with Gasteiger partial charge < -0.3 is 0 Å². The summed E-state index contributed by atoms with van der Waals surface area (Å²) >= 11 is 0. The van der Waals surface area contributed by atoms with Crippen LogP contribution in [0.1, 0.15) is 27.7 Å². The molecule has 0 aromatic rings. The molecule has 0 bridgehead atoms. The lowest BCUT2D eigenvalue weighted by atomic mass is 9.99. The van der Waals surface area contributed by atoms with Crippen LogP contribution in [0.4, 0.5) is 0 Å². The highest BCUT2D eigenvalue weighted by atomic mass is 14.6. The normalized spacial score (nSPS) is 38.8. The molecule has 1 aliphatic rings. The van der Waals surface area contributed by atoms with E-state index < -0.39 is 0 Å². The second-order valence-corrected chi connectivity index (χ2v) is 4.23. The van der Waals surface area contributed by atoms with Gasteiger partial charge in [-0.15, -0.1) is 6.58 Å². The van der Waals surface area contributed by atoms with Gasteiger partial charge >= 0.3 is 0 Å². The zero-order valence-electron chi connectivity index (χ0n) is 7.52. The molecule has 0 nitrogen and oxygen atoms in total. The van der Waals surface area contributed by atoms with Crippen LogP contribution < -0.4 is 0 Å². The Morgan fingerprint density at radius 3 is 2.00 bits per heavy atom. The van der Waals surface area contributed by atoms with Crippen LogP contribution in [0.3, 0.4) is 0 Å². The van der Waals surface area contributed by atoms with E-state index in [9.17, 15) is 0 Å². The van der Waals surface area contributed by atoms with Gasteiger partial charge in [-0.2, -0.15) is 0 Å². The highest BCUT2D eigenvalue weighted by molar-refractivity contribution is 5.07. The summed E-state index contributed by atoms with van der Waals surface area (Å²) in [6, 6.07) is 0. The van der Waals surface area contributed by atoms with Gasteiger partial charge in [0.2, 0.25) is 0 Å². The molecular formula is C10H18. The van der Waals surface area contributed by atoms with Crippen molar-refractivity contribution in [3.8, 4) is 0 Å². The standard InChI is InChI=1S/C10H18/c1-6-7(2)9-8(3)10(9,4)5/h6-9H,1H2,2-5H3. The molecule has 3 atom stereocenters. The highest BCUT2D eigenvalue weighted by Crippen LogP contribution is 2.61. The van der Waals surface area contributed by atoms with Gasteiger partial charge in [-0.05, 0) is 23.2 Å². The lowest BCUT2D eigenvalue weighted by molar-refractivity contribution is 0.484. The first-order chi connectivity index (χ1) is 4.51. The monoisotopic (exact) mass is 138 g/mol. The van der Waals surface area contributed by atoms with Gasteiger partial charge in [-0.1, -0.05) is 33.8 Å². The fraction of sp³-hybridized carbons (Fsp3) is 0.800. The Labute approximate surface area is 64.3 Å². The van der Waals surface area contributed by atoms with Crippen molar-refractivity contribution < 1.29 is 0 Å². The van der Waals surface area contributed by atoms with Gasteiger partial charge in [-0.25, -0.2) is 0 Å². The summed E-state index contributed by atoms with van der Waals surface area (Å²) in [7, 11) is 0. The van der Waals surface area contributed by atoms with E-state index in [1.807, 2.05) is 0 Å². The number of rotatable bonds is 2. The van der Waals surface area contributed by atoms with E-state index in [0.717, 1.165) is 11.8 Å². The lowest BCUT2D eigenvalue weighted by Gasteiger charge is -2.06. The van der Waals surface area contributed by atoms with E-state index in [0.29, 0.717) is 11.3 Å². The minimum atomic E-state index is 0.577. The molecule has 10 heavy (non-hydrogen) atoms. The Bertz CT molecular complexity index is 144. The van der Waals surface area contributed by atoms with E-state index >= 15 is 0 Å². The molecule has 0 amide bonds. The van der Waals surface area contributed by atoms with E-state index in [1.165, 1.54) is 0 Å². The molecule has 0 heteroatoms. The van der Waals surface area contributed by atoms with Crippen molar-refractivity contribution in [3.05, 3.63) is 12.7 Å². The molecule has 0 N–H and O–H groups in total. The second-order valence-electron chi connectivity index (χ2n) is 4.23. The molecule has 0 radical (unpaired) electrons. The Morgan fingerprint density at radius 1 is 1.50 bits per heavy atom. The SMILES string of the molecule is C=CC(C)C1C(C)C1(C)C. The minimum absolute atomic E-state index is 0.577. The van der Waals surface area contributed by atoms with E-state index in [-0.39, 0.29) is 0 Å². The summed E-state index contributed by atoms with van der Waals surface area (Å²) in [5.74, 6) is 2.47. The predicted octanol–water partition coefficient (Wildman–Crippen LogP) is 3.10. The fourth-order valence-corrected chi connectivity index (χ4v) is 2.22. The van der Waals surface area contributed by atoms with Crippen LogP contribution in [-0.2, 0) is 0 Å². The molecule has 0 aliphatic heterocycles. The summed E-state index contributed by atoms with van der Waals surface area (Å²) in [5.41, 5.74) is 0.577. The Hall–Kier alpha value is -0.260. The second kappa shape index (κ2) is 2.11. The van der Waals surface area contributed by atoms with Crippen molar-refractivity contribution in [2.45, 2.75) is 27.7 Å². The molecule has 1 aliphatic carbocycles. The molecule has 58 valence electrons. The fourth-order valence-electron chi connectivity index (χ4n) is 2.22. The Balaban J connectivity index is 2.56. The quantitative estimate of drug-likeness (QED) is 0.514. The molecule has 0 aromatic carbocycles. The molecule has 3 unspecified atom stereocenters. The van der Waals surface area contributed by atoms with Crippen LogP contribution in [-0.4, -0.2) is 0 Å². The average Bonchev–Trinajstić information content (AvgIpc) is 2.33. The summed E-state index contributed by atoms with van der Waals surface area (Å²) in [4.78, 5) is 0. The van der Waals surface area contributed by atoms with E-state index in [4.69, 9.17) is 0 Å². The molecule has 0 heterocycles. The summed E-state index contributed by atoms with van der Waals surface area (Å²) in [5, 5.41) is 0. The van der Waals surface area contributed by atoms with Crippen LogP contribution in [0, 0.1) is 23.2 Å². The third kappa shape index (κ3) is 0.902. The molecule has 0 aromatic heterocycles. The van der Waals surface area contributed by atoms with Crippen molar-refractivity contribution >= 4 is 0 Å². The first kappa shape index (κ1) is 7.84. The lowest BCUT2D eigenvalue weighted by Crippen LogP contribution is -1.98. The molecule has 1 saturated carbocycles. The van der Waals surface area contributed by atoms with Crippen molar-refractivity contribution in [1.82, 2.24) is 0 Å². The predicted molar refractivity (Wildman–Crippen MR) is 45.8 cm³/mol. The van der Waals surface area contributed by atoms with Gasteiger partial charge in [0.25, 0.3) is 0 Å². The van der Waals surface area contributed by atoms with Crippen LogP contribution in [0.15, 0.2) is 12.7 Å². The Morgan fingerprint density at radius 2 is 1.90 bits per heavy atom. The topological polar surface area (TPSA) is 0 Å². The third-order valence-electron chi connectivity index (χ3n) is 3.40. The minimum Gasteiger partial charge on any atom is -0.103 e. The van der Waals surface area contributed by atoms with Crippen molar-refractivity contribution in [3.63, 3.8) is 0 Å². The maximum atomic E-state index is 3.82. The molecule has 1 fully saturated rings. The summed E-state index contributed by atoms with van der Waals surface area (Å²) < 4.78 is 0. The molecule has 0 spiro atoms. The van der Waals surface area contributed by atoms with Crippen LogP contribution in [0.5, 0.6) is 0 Å².